The maximum atomic E-state index is 12.7. The van der Waals surface area contributed by atoms with Crippen molar-refractivity contribution in [2.45, 2.75) is 13.3 Å². The van der Waals surface area contributed by atoms with Crippen LogP contribution in [0.2, 0.25) is 0 Å². The van der Waals surface area contributed by atoms with E-state index in [2.05, 4.69) is 0 Å². The number of hydrogen-bond donors (Lipinski definition) is 0. The minimum atomic E-state index is -0.244. The fourth-order valence-corrected chi connectivity index (χ4v) is 3.55. The van der Waals surface area contributed by atoms with Gasteiger partial charge < -0.3 is 19.4 Å². The number of amides is 3. The summed E-state index contributed by atoms with van der Waals surface area (Å²) in [6, 6.07) is 7.04. The van der Waals surface area contributed by atoms with E-state index in [0.29, 0.717) is 57.0 Å². The van der Waals surface area contributed by atoms with Gasteiger partial charge in [0.2, 0.25) is 11.8 Å². The van der Waals surface area contributed by atoms with Gasteiger partial charge in [-0.1, -0.05) is 0 Å². The Bertz CT molecular complexity index is 681. The Balaban J connectivity index is 1.54. The van der Waals surface area contributed by atoms with Gasteiger partial charge in [-0.15, -0.1) is 0 Å². The topological polar surface area (TPSA) is 70.2 Å². The lowest BCUT2D eigenvalue weighted by atomic mass is 10.1. The largest absolute Gasteiger partial charge is 0.497 e. The fourth-order valence-electron chi connectivity index (χ4n) is 3.55. The molecule has 0 spiro atoms. The number of nitrogens with zero attached hydrogens (tertiary/aromatic N) is 3. The molecule has 7 heteroatoms. The third kappa shape index (κ3) is 3.66. The summed E-state index contributed by atoms with van der Waals surface area (Å²) in [5.41, 5.74) is 0.616. The predicted octanol–water partition coefficient (Wildman–Crippen LogP) is 0.848. The summed E-state index contributed by atoms with van der Waals surface area (Å²) in [4.78, 5) is 42.4. The smallest absolute Gasteiger partial charge is 0.253 e. The SMILES string of the molecule is CCN1C[C@@H](C(=O)N2CCN(C(=O)c3ccc(OC)cc3)CC2)CC1=O. The number of hydrogen-bond acceptors (Lipinski definition) is 4. The average molecular weight is 359 g/mol. The van der Waals surface area contributed by atoms with Crippen molar-refractivity contribution in [2.75, 3.05) is 46.4 Å². The quantitative estimate of drug-likeness (QED) is 0.799. The van der Waals surface area contributed by atoms with Crippen LogP contribution in [0.4, 0.5) is 0 Å². The number of carbonyl (C=O) groups is 3. The highest BCUT2D eigenvalue weighted by Crippen LogP contribution is 2.21. The zero-order valence-electron chi connectivity index (χ0n) is 15.3. The molecule has 3 rings (SSSR count). The van der Waals surface area contributed by atoms with E-state index in [1.54, 1.807) is 46.1 Å². The maximum Gasteiger partial charge on any atom is 0.253 e. The molecular weight excluding hydrogens is 334 g/mol. The van der Waals surface area contributed by atoms with Gasteiger partial charge >= 0.3 is 0 Å². The van der Waals surface area contributed by atoms with E-state index in [9.17, 15) is 14.4 Å². The molecule has 0 aliphatic carbocycles. The zero-order valence-corrected chi connectivity index (χ0v) is 15.3. The van der Waals surface area contributed by atoms with E-state index >= 15 is 0 Å². The average Bonchev–Trinajstić information content (AvgIpc) is 3.07. The van der Waals surface area contributed by atoms with Gasteiger partial charge in [0.15, 0.2) is 0 Å². The van der Waals surface area contributed by atoms with Crippen molar-refractivity contribution < 1.29 is 19.1 Å². The Morgan fingerprint density at radius 2 is 1.69 bits per heavy atom. The molecule has 2 fully saturated rings. The molecule has 0 saturated carbocycles. The molecule has 1 aromatic rings. The first-order chi connectivity index (χ1) is 12.5. The highest BCUT2D eigenvalue weighted by molar-refractivity contribution is 5.94. The van der Waals surface area contributed by atoms with Crippen LogP contribution in [-0.4, -0.2) is 78.8 Å². The van der Waals surface area contributed by atoms with Gasteiger partial charge in [0.25, 0.3) is 5.91 Å². The molecule has 26 heavy (non-hydrogen) atoms. The van der Waals surface area contributed by atoms with Crippen LogP contribution in [0.25, 0.3) is 0 Å². The molecule has 7 nitrogen and oxygen atoms in total. The highest BCUT2D eigenvalue weighted by Gasteiger charge is 2.36. The van der Waals surface area contributed by atoms with Crippen LogP contribution in [0, 0.1) is 5.92 Å². The van der Waals surface area contributed by atoms with Crippen molar-refractivity contribution in [3.63, 3.8) is 0 Å². The number of methoxy groups -OCH3 is 1. The first-order valence-corrected chi connectivity index (χ1v) is 9.03. The molecule has 0 bridgehead atoms. The number of ether oxygens (including phenoxy) is 1. The normalized spacial score (nSPS) is 20.5. The van der Waals surface area contributed by atoms with Gasteiger partial charge in [0.05, 0.1) is 13.0 Å². The molecule has 0 radical (unpaired) electrons. The lowest BCUT2D eigenvalue weighted by molar-refractivity contribution is -0.137. The van der Waals surface area contributed by atoms with Crippen LogP contribution < -0.4 is 4.74 Å². The number of piperazine rings is 1. The molecule has 3 amide bonds. The summed E-state index contributed by atoms with van der Waals surface area (Å²) in [5.74, 6) is 0.522. The van der Waals surface area contributed by atoms with E-state index in [-0.39, 0.29) is 23.6 Å². The summed E-state index contributed by atoms with van der Waals surface area (Å²) >= 11 is 0. The van der Waals surface area contributed by atoms with Gasteiger partial charge in [-0.05, 0) is 31.2 Å². The molecule has 2 saturated heterocycles. The van der Waals surface area contributed by atoms with Crippen molar-refractivity contribution in [1.82, 2.24) is 14.7 Å². The van der Waals surface area contributed by atoms with Gasteiger partial charge in [-0.2, -0.15) is 0 Å². The number of rotatable bonds is 4. The standard InChI is InChI=1S/C19H25N3O4/c1-3-20-13-15(12-17(20)23)19(25)22-10-8-21(9-11-22)18(24)14-4-6-16(26-2)7-5-14/h4-7,15H,3,8-13H2,1-2H3/t15-/m0/s1. The summed E-state index contributed by atoms with van der Waals surface area (Å²) in [6.45, 7) is 5.12. The third-order valence-electron chi connectivity index (χ3n) is 5.16. The van der Waals surface area contributed by atoms with Crippen molar-refractivity contribution in [1.29, 1.82) is 0 Å². The molecule has 2 heterocycles. The Labute approximate surface area is 153 Å². The van der Waals surface area contributed by atoms with Gasteiger partial charge in [-0.25, -0.2) is 0 Å². The molecule has 1 aromatic carbocycles. The second kappa shape index (κ2) is 7.76. The second-order valence-corrected chi connectivity index (χ2v) is 6.68. The molecule has 2 aliphatic rings. The number of likely N-dealkylation sites (tertiary alicyclic amines) is 1. The van der Waals surface area contributed by atoms with Crippen molar-refractivity contribution >= 4 is 17.7 Å². The van der Waals surface area contributed by atoms with Gasteiger partial charge in [0.1, 0.15) is 5.75 Å². The van der Waals surface area contributed by atoms with Crippen LogP contribution in [-0.2, 0) is 9.59 Å². The summed E-state index contributed by atoms with van der Waals surface area (Å²) in [7, 11) is 1.59. The molecule has 0 aromatic heterocycles. The van der Waals surface area contributed by atoms with Crippen molar-refractivity contribution in [2.24, 2.45) is 5.92 Å². The number of carbonyl (C=O) groups excluding carboxylic acids is 3. The second-order valence-electron chi connectivity index (χ2n) is 6.68. The zero-order chi connectivity index (χ0) is 18.7. The van der Waals surface area contributed by atoms with E-state index in [1.807, 2.05) is 6.92 Å². The van der Waals surface area contributed by atoms with Crippen LogP contribution in [0.15, 0.2) is 24.3 Å². The van der Waals surface area contributed by atoms with E-state index in [1.165, 1.54) is 0 Å². The fraction of sp³-hybridized carbons (Fsp3) is 0.526. The maximum absolute atomic E-state index is 12.7. The molecule has 0 unspecified atom stereocenters. The predicted molar refractivity (Wildman–Crippen MR) is 95.8 cm³/mol. The van der Waals surface area contributed by atoms with Crippen LogP contribution in [0.1, 0.15) is 23.7 Å². The third-order valence-corrected chi connectivity index (χ3v) is 5.16. The molecule has 0 N–H and O–H groups in total. The van der Waals surface area contributed by atoms with Crippen LogP contribution >= 0.6 is 0 Å². The summed E-state index contributed by atoms with van der Waals surface area (Å²) in [6.07, 6.45) is 0.303. The number of benzene rings is 1. The minimum absolute atomic E-state index is 0.0332. The Kier molecular flexibility index (Phi) is 5.44. The summed E-state index contributed by atoms with van der Waals surface area (Å²) < 4.78 is 5.11. The van der Waals surface area contributed by atoms with Crippen molar-refractivity contribution in [3.05, 3.63) is 29.8 Å². The Morgan fingerprint density at radius 1 is 1.08 bits per heavy atom. The van der Waals surface area contributed by atoms with E-state index in [4.69, 9.17) is 4.74 Å². The van der Waals surface area contributed by atoms with E-state index in [0.717, 1.165) is 0 Å². The van der Waals surface area contributed by atoms with Crippen molar-refractivity contribution in [3.8, 4) is 5.75 Å². The Hall–Kier alpha value is -2.57. The summed E-state index contributed by atoms with van der Waals surface area (Å²) in [5, 5.41) is 0. The van der Waals surface area contributed by atoms with Gasteiger partial charge in [0, 0.05) is 51.3 Å². The molecule has 140 valence electrons. The first-order valence-electron chi connectivity index (χ1n) is 9.03. The molecular formula is C19H25N3O4. The monoisotopic (exact) mass is 359 g/mol. The van der Waals surface area contributed by atoms with Gasteiger partial charge in [-0.3, -0.25) is 14.4 Å². The van der Waals surface area contributed by atoms with Crippen LogP contribution in [0.5, 0.6) is 5.75 Å². The molecule has 2 aliphatic heterocycles. The lowest BCUT2D eigenvalue weighted by Gasteiger charge is -2.36. The van der Waals surface area contributed by atoms with E-state index < -0.39 is 0 Å². The van der Waals surface area contributed by atoms with Crippen LogP contribution in [0.3, 0.4) is 0 Å². The Morgan fingerprint density at radius 3 is 2.23 bits per heavy atom. The minimum Gasteiger partial charge on any atom is -0.497 e. The lowest BCUT2D eigenvalue weighted by Crippen LogP contribution is -2.52. The highest BCUT2D eigenvalue weighted by atomic mass is 16.5. The first kappa shape index (κ1) is 18.2. The molecule has 1 atom stereocenters.